The van der Waals surface area contributed by atoms with Gasteiger partial charge in [0.2, 0.25) is 5.91 Å². The van der Waals surface area contributed by atoms with Gasteiger partial charge in [0.05, 0.1) is 0 Å². The standard InChI is InChI=1S/C27H31F3N4O/c28-23-15-18(16-24(29)27(23)30)5-6-26(35)33-11-9-20(10-12-33)32-34-13-7-19(8-14-34)22-17-31-25-4-2-1-3-21(22)25/h1-6,15,17-20,31-32H,7-14,16H2/b6-5+. The fourth-order valence-corrected chi connectivity index (χ4v) is 5.42. The summed E-state index contributed by atoms with van der Waals surface area (Å²) >= 11 is 0. The Balaban J connectivity index is 1.06. The lowest BCUT2D eigenvalue weighted by Crippen LogP contribution is -2.52. The molecule has 5 nitrogen and oxygen atoms in total. The molecule has 1 unspecified atom stereocenters. The smallest absolute Gasteiger partial charge is 0.246 e. The molecule has 5 rings (SSSR count). The van der Waals surface area contributed by atoms with E-state index in [0.717, 1.165) is 44.8 Å². The van der Waals surface area contributed by atoms with Crippen molar-refractivity contribution in [2.24, 2.45) is 5.92 Å². The second kappa shape index (κ2) is 10.4. The zero-order valence-electron chi connectivity index (χ0n) is 19.7. The highest BCUT2D eigenvalue weighted by Crippen LogP contribution is 2.33. The van der Waals surface area contributed by atoms with E-state index in [2.05, 4.69) is 45.9 Å². The van der Waals surface area contributed by atoms with Crippen molar-refractivity contribution >= 4 is 16.8 Å². The number of allylic oxidation sites excluding steroid dienone is 5. The van der Waals surface area contributed by atoms with Crippen LogP contribution < -0.4 is 5.43 Å². The van der Waals surface area contributed by atoms with Gasteiger partial charge in [0.15, 0.2) is 11.7 Å². The van der Waals surface area contributed by atoms with Gasteiger partial charge >= 0.3 is 0 Å². The van der Waals surface area contributed by atoms with Crippen molar-refractivity contribution in [2.75, 3.05) is 26.2 Å². The third kappa shape index (κ3) is 5.38. The number of rotatable bonds is 5. The lowest BCUT2D eigenvalue weighted by Gasteiger charge is -2.38. The van der Waals surface area contributed by atoms with Crippen molar-refractivity contribution in [3.05, 3.63) is 71.7 Å². The molecule has 0 radical (unpaired) electrons. The van der Waals surface area contributed by atoms with Crippen molar-refractivity contribution in [2.45, 2.75) is 44.1 Å². The van der Waals surface area contributed by atoms with Crippen molar-refractivity contribution < 1.29 is 18.0 Å². The lowest BCUT2D eigenvalue weighted by atomic mass is 9.89. The van der Waals surface area contributed by atoms with Gasteiger partial charge in [0, 0.05) is 61.7 Å². The van der Waals surface area contributed by atoms with Crippen LogP contribution in [0.15, 0.2) is 66.2 Å². The van der Waals surface area contributed by atoms with Gasteiger partial charge in [-0.3, -0.25) is 10.2 Å². The highest BCUT2D eigenvalue weighted by molar-refractivity contribution is 5.87. The summed E-state index contributed by atoms with van der Waals surface area (Å²) in [5, 5.41) is 3.64. The van der Waals surface area contributed by atoms with E-state index >= 15 is 0 Å². The number of amides is 1. The predicted octanol–water partition coefficient (Wildman–Crippen LogP) is 5.42. The Morgan fingerprint density at radius 3 is 2.51 bits per heavy atom. The van der Waals surface area contributed by atoms with Crippen molar-refractivity contribution in [3.8, 4) is 0 Å². The first-order valence-corrected chi connectivity index (χ1v) is 12.4. The number of hydrogen-bond donors (Lipinski definition) is 2. The molecule has 35 heavy (non-hydrogen) atoms. The van der Waals surface area contributed by atoms with Crippen molar-refractivity contribution in [3.63, 3.8) is 0 Å². The molecule has 0 saturated carbocycles. The third-order valence-corrected chi connectivity index (χ3v) is 7.44. The van der Waals surface area contributed by atoms with Gasteiger partial charge in [-0.2, -0.15) is 0 Å². The maximum atomic E-state index is 13.4. The Morgan fingerprint density at radius 2 is 1.77 bits per heavy atom. The molecule has 2 aliphatic heterocycles. The summed E-state index contributed by atoms with van der Waals surface area (Å²) in [6.07, 6.45) is 9.63. The summed E-state index contributed by atoms with van der Waals surface area (Å²) in [6, 6.07) is 8.78. The summed E-state index contributed by atoms with van der Waals surface area (Å²) in [5.41, 5.74) is 6.26. The summed E-state index contributed by atoms with van der Waals surface area (Å²) < 4.78 is 40.0. The Bertz CT molecular complexity index is 1150. The van der Waals surface area contributed by atoms with Gasteiger partial charge in [-0.15, -0.1) is 0 Å². The van der Waals surface area contributed by atoms with Gasteiger partial charge in [-0.1, -0.05) is 24.3 Å². The first-order valence-electron chi connectivity index (χ1n) is 12.4. The first kappa shape index (κ1) is 23.9. The molecule has 1 aliphatic carbocycles. The number of para-hydroxylation sites is 1. The van der Waals surface area contributed by atoms with Crippen molar-refractivity contribution in [1.29, 1.82) is 0 Å². The highest BCUT2D eigenvalue weighted by atomic mass is 19.2. The molecule has 8 heteroatoms. The summed E-state index contributed by atoms with van der Waals surface area (Å²) in [7, 11) is 0. The van der Waals surface area contributed by atoms with Crippen LogP contribution in [-0.4, -0.2) is 53.0 Å². The first-order chi connectivity index (χ1) is 17.0. The van der Waals surface area contributed by atoms with Crippen LogP contribution in [-0.2, 0) is 4.79 Å². The number of carbonyl (C=O) groups excluding carboxylic acids is 1. The predicted molar refractivity (Wildman–Crippen MR) is 130 cm³/mol. The Labute approximate surface area is 203 Å². The zero-order chi connectivity index (χ0) is 24.4. The van der Waals surface area contributed by atoms with Crippen LogP contribution in [0.2, 0.25) is 0 Å². The number of hydrazine groups is 1. The van der Waals surface area contributed by atoms with Gasteiger partial charge in [0.1, 0.15) is 5.83 Å². The van der Waals surface area contributed by atoms with E-state index in [0.29, 0.717) is 25.0 Å². The van der Waals surface area contributed by atoms with Gasteiger partial charge < -0.3 is 9.88 Å². The Kier molecular flexibility index (Phi) is 7.11. The molecular weight excluding hydrogens is 453 g/mol. The quantitative estimate of drug-likeness (QED) is 0.557. The molecule has 0 spiro atoms. The SMILES string of the molecule is O=C(/C=C/C1C=C(F)C(F)=C(F)C1)N1CCC(NN2CCC(c3c[nH]c4ccccc34)CC2)CC1. The van der Waals surface area contributed by atoms with Crippen LogP contribution in [0.5, 0.6) is 0 Å². The fourth-order valence-electron chi connectivity index (χ4n) is 5.42. The van der Waals surface area contributed by atoms with E-state index in [1.165, 1.54) is 28.6 Å². The molecule has 2 aromatic rings. The molecule has 1 aromatic heterocycles. The Morgan fingerprint density at radius 1 is 1.03 bits per heavy atom. The topological polar surface area (TPSA) is 51.4 Å². The molecule has 0 bridgehead atoms. The minimum atomic E-state index is -1.43. The molecule has 2 fully saturated rings. The number of aromatic amines is 1. The maximum Gasteiger partial charge on any atom is 0.246 e. The van der Waals surface area contributed by atoms with Crippen molar-refractivity contribution in [1.82, 2.24) is 20.3 Å². The summed E-state index contributed by atoms with van der Waals surface area (Å²) in [6.45, 7) is 3.24. The van der Waals surface area contributed by atoms with E-state index in [1.54, 1.807) is 4.90 Å². The molecule has 1 atom stereocenters. The number of carbonyl (C=O) groups is 1. The lowest BCUT2D eigenvalue weighted by molar-refractivity contribution is -0.127. The van der Waals surface area contributed by atoms with Gasteiger partial charge in [0.25, 0.3) is 0 Å². The maximum absolute atomic E-state index is 13.4. The average Bonchev–Trinajstić information content (AvgIpc) is 3.31. The highest BCUT2D eigenvalue weighted by Gasteiger charge is 2.27. The van der Waals surface area contributed by atoms with Crippen LogP contribution in [0.4, 0.5) is 13.2 Å². The zero-order valence-corrected chi connectivity index (χ0v) is 19.7. The molecule has 2 saturated heterocycles. The minimum absolute atomic E-state index is 0.174. The molecule has 3 aliphatic rings. The van der Waals surface area contributed by atoms with E-state index in [-0.39, 0.29) is 12.3 Å². The number of fused-ring (bicyclic) bond motifs is 1. The van der Waals surface area contributed by atoms with E-state index < -0.39 is 23.4 Å². The minimum Gasteiger partial charge on any atom is -0.361 e. The van der Waals surface area contributed by atoms with Crippen LogP contribution in [0.25, 0.3) is 10.9 Å². The molecule has 1 amide bonds. The third-order valence-electron chi connectivity index (χ3n) is 7.44. The van der Waals surface area contributed by atoms with Crippen LogP contribution in [0.1, 0.15) is 43.6 Å². The van der Waals surface area contributed by atoms with Gasteiger partial charge in [-0.05, 0) is 55.4 Å². The number of hydrogen-bond acceptors (Lipinski definition) is 3. The fraction of sp³-hybridized carbons (Fsp3) is 0.444. The molecule has 3 heterocycles. The summed E-state index contributed by atoms with van der Waals surface area (Å²) in [4.78, 5) is 17.7. The number of likely N-dealkylation sites (tertiary alicyclic amines) is 1. The van der Waals surface area contributed by atoms with Crippen LogP contribution in [0.3, 0.4) is 0 Å². The second-order valence-electron chi connectivity index (χ2n) is 9.74. The number of nitrogens with one attached hydrogen (secondary N) is 2. The van der Waals surface area contributed by atoms with E-state index in [4.69, 9.17) is 0 Å². The van der Waals surface area contributed by atoms with E-state index in [1.807, 2.05) is 0 Å². The van der Waals surface area contributed by atoms with Gasteiger partial charge in [-0.25, -0.2) is 18.2 Å². The number of piperidine rings is 2. The normalized spacial score (nSPS) is 23.5. The number of benzene rings is 1. The second-order valence-corrected chi connectivity index (χ2v) is 9.74. The average molecular weight is 485 g/mol. The molecule has 2 N–H and O–H groups in total. The number of nitrogens with zero attached hydrogens (tertiary/aromatic N) is 2. The number of H-pyrrole nitrogens is 1. The molecule has 1 aromatic carbocycles. The largest absolute Gasteiger partial charge is 0.361 e. The van der Waals surface area contributed by atoms with Crippen LogP contribution in [0, 0.1) is 5.92 Å². The molecular formula is C27H31F3N4O. The Hall–Kier alpha value is -2.84. The monoisotopic (exact) mass is 484 g/mol. The summed E-state index contributed by atoms with van der Waals surface area (Å²) in [5.74, 6) is -4.00. The number of halogens is 3. The van der Waals surface area contributed by atoms with E-state index in [9.17, 15) is 18.0 Å². The van der Waals surface area contributed by atoms with Crippen LogP contribution >= 0.6 is 0 Å². The molecule has 186 valence electrons. The number of aromatic nitrogens is 1.